The number of nitrogens with zero attached hydrogens (tertiary/aromatic N) is 1. The van der Waals surface area contributed by atoms with Gasteiger partial charge in [0.05, 0.1) is 5.69 Å². The Labute approximate surface area is 84.9 Å². The minimum absolute atomic E-state index is 0.780. The maximum Gasteiger partial charge on any atom is 0.140 e. The van der Waals surface area contributed by atoms with Crippen LogP contribution in [0, 0.1) is 19.8 Å². The van der Waals surface area contributed by atoms with Gasteiger partial charge in [0, 0.05) is 12.0 Å². The van der Waals surface area contributed by atoms with Crippen LogP contribution in [-0.2, 0) is 6.42 Å². The Bertz CT molecular complexity index is 300. The maximum atomic E-state index is 5.33. The molecule has 2 heterocycles. The second kappa shape index (κ2) is 4.13. The zero-order chi connectivity index (χ0) is 9.97. The van der Waals surface area contributed by atoms with E-state index in [0.29, 0.717) is 0 Å². The Kier molecular flexibility index (Phi) is 2.87. The van der Waals surface area contributed by atoms with E-state index >= 15 is 0 Å². The van der Waals surface area contributed by atoms with Crippen molar-refractivity contribution in [2.24, 2.45) is 5.92 Å². The van der Waals surface area contributed by atoms with Crippen LogP contribution in [0.2, 0.25) is 0 Å². The standard InChI is InChI=1S/C11H18N2O/c1-8-9(2)13-14-11(8)7-10-3-5-12-6-4-10/h10,12H,3-7H2,1-2H3. The summed E-state index contributed by atoms with van der Waals surface area (Å²) in [4.78, 5) is 0. The first kappa shape index (κ1) is 9.71. The van der Waals surface area contributed by atoms with Crippen molar-refractivity contribution < 1.29 is 4.52 Å². The Morgan fingerprint density at radius 2 is 2.07 bits per heavy atom. The van der Waals surface area contributed by atoms with Gasteiger partial charge >= 0.3 is 0 Å². The van der Waals surface area contributed by atoms with Gasteiger partial charge in [0.1, 0.15) is 5.76 Å². The molecule has 0 bridgehead atoms. The second-order valence-corrected chi connectivity index (χ2v) is 4.21. The highest BCUT2D eigenvalue weighted by Gasteiger charge is 2.17. The maximum absolute atomic E-state index is 5.33. The van der Waals surface area contributed by atoms with Crippen LogP contribution in [0.4, 0.5) is 0 Å². The number of piperidine rings is 1. The van der Waals surface area contributed by atoms with E-state index in [4.69, 9.17) is 4.52 Å². The van der Waals surface area contributed by atoms with Gasteiger partial charge in [-0.15, -0.1) is 0 Å². The summed E-state index contributed by atoms with van der Waals surface area (Å²) in [5.41, 5.74) is 2.28. The Morgan fingerprint density at radius 1 is 1.36 bits per heavy atom. The van der Waals surface area contributed by atoms with Crippen molar-refractivity contribution in [1.29, 1.82) is 0 Å². The highest BCUT2D eigenvalue weighted by molar-refractivity contribution is 5.19. The molecule has 1 fully saturated rings. The molecule has 1 saturated heterocycles. The number of hydrogen-bond donors (Lipinski definition) is 1. The fourth-order valence-electron chi connectivity index (χ4n) is 2.00. The third-order valence-corrected chi connectivity index (χ3v) is 3.19. The topological polar surface area (TPSA) is 38.1 Å². The summed E-state index contributed by atoms with van der Waals surface area (Å²) in [5.74, 6) is 1.87. The molecule has 0 aliphatic carbocycles. The van der Waals surface area contributed by atoms with Crippen LogP contribution < -0.4 is 5.32 Å². The normalized spacial score (nSPS) is 18.7. The number of nitrogens with one attached hydrogen (secondary N) is 1. The van der Waals surface area contributed by atoms with E-state index in [1.165, 1.54) is 18.4 Å². The summed E-state index contributed by atoms with van der Waals surface area (Å²) in [6, 6.07) is 0. The predicted octanol–water partition coefficient (Wildman–Crippen LogP) is 1.83. The molecular weight excluding hydrogens is 176 g/mol. The van der Waals surface area contributed by atoms with Crippen LogP contribution in [-0.4, -0.2) is 18.2 Å². The second-order valence-electron chi connectivity index (χ2n) is 4.21. The lowest BCUT2D eigenvalue weighted by atomic mass is 9.92. The van der Waals surface area contributed by atoms with Crippen LogP contribution >= 0.6 is 0 Å². The Morgan fingerprint density at radius 3 is 2.64 bits per heavy atom. The Balaban J connectivity index is 1.99. The molecule has 1 aliphatic heterocycles. The third kappa shape index (κ3) is 1.98. The minimum Gasteiger partial charge on any atom is -0.361 e. The lowest BCUT2D eigenvalue weighted by molar-refractivity contribution is 0.316. The minimum atomic E-state index is 0.780. The number of hydrogen-bond acceptors (Lipinski definition) is 3. The third-order valence-electron chi connectivity index (χ3n) is 3.19. The summed E-state index contributed by atoms with van der Waals surface area (Å²) < 4.78 is 5.33. The molecular formula is C11H18N2O. The molecule has 3 nitrogen and oxygen atoms in total. The van der Waals surface area contributed by atoms with E-state index in [0.717, 1.165) is 36.9 Å². The molecule has 0 aromatic carbocycles. The first-order valence-corrected chi connectivity index (χ1v) is 5.40. The molecule has 0 spiro atoms. The summed E-state index contributed by atoms with van der Waals surface area (Å²) in [6.07, 6.45) is 3.59. The molecule has 2 rings (SSSR count). The zero-order valence-corrected chi connectivity index (χ0v) is 8.97. The molecule has 14 heavy (non-hydrogen) atoms. The van der Waals surface area contributed by atoms with E-state index in [1.807, 2.05) is 6.92 Å². The molecule has 78 valence electrons. The van der Waals surface area contributed by atoms with Crippen molar-refractivity contribution in [3.8, 4) is 0 Å². The van der Waals surface area contributed by atoms with E-state index < -0.39 is 0 Å². The first-order chi connectivity index (χ1) is 6.77. The van der Waals surface area contributed by atoms with Gasteiger partial charge in [-0.3, -0.25) is 0 Å². The fourth-order valence-corrected chi connectivity index (χ4v) is 2.00. The van der Waals surface area contributed by atoms with Crippen LogP contribution in [0.1, 0.15) is 29.9 Å². The van der Waals surface area contributed by atoms with E-state index in [9.17, 15) is 0 Å². The predicted molar refractivity (Wildman–Crippen MR) is 55.3 cm³/mol. The number of aryl methyl sites for hydroxylation is 1. The molecule has 0 amide bonds. The molecule has 0 atom stereocenters. The van der Waals surface area contributed by atoms with Crippen LogP contribution in [0.3, 0.4) is 0 Å². The quantitative estimate of drug-likeness (QED) is 0.780. The molecule has 3 heteroatoms. The zero-order valence-electron chi connectivity index (χ0n) is 8.97. The van der Waals surface area contributed by atoms with Crippen molar-refractivity contribution in [3.63, 3.8) is 0 Å². The monoisotopic (exact) mass is 194 g/mol. The van der Waals surface area contributed by atoms with Crippen LogP contribution in [0.15, 0.2) is 4.52 Å². The highest BCUT2D eigenvalue weighted by Crippen LogP contribution is 2.21. The van der Waals surface area contributed by atoms with Gasteiger partial charge in [-0.2, -0.15) is 0 Å². The lowest BCUT2D eigenvalue weighted by Gasteiger charge is -2.21. The average molecular weight is 194 g/mol. The smallest absolute Gasteiger partial charge is 0.140 e. The summed E-state index contributed by atoms with van der Waals surface area (Å²) in [5, 5.41) is 7.37. The number of aromatic nitrogens is 1. The first-order valence-electron chi connectivity index (χ1n) is 5.40. The molecule has 1 aliphatic rings. The molecule has 0 unspecified atom stereocenters. The van der Waals surface area contributed by atoms with E-state index in [2.05, 4.69) is 17.4 Å². The lowest BCUT2D eigenvalue weighted by Crippen LogP contribution is -2.28. The SMILES string of the molecule is Cc1noc(CC2CCNCC2)c1C. The van der Waals surface area contributed by atoms with Crippen molar-refractivity contribution in [3.05, 3.63) is 17.0 Å². The van der Waals surface area contributed by atoms with Crippen LogP contribution in [0.25, 0.3) is 0 Å². The van der Waals surface area contributed by atoms with Gasteiger partial charge in [0.2, 0.25) is 0 Å². The van der Waals surface area contributed by atoms with Crippen LogP contribution in [0.5, 0.6) is 0 Å². The largest absolute Gasteiger partial charge is 0.361 e. The van der Waals surface area contributed by atoms with Gasteiger partial charge in [-0.05, 0) is 45.7 Å². The van der Waals surface area contributed by atoms with Gasteiger partial charge in [0.25, 0.3) is 0 Å². The molecule has 0 saturated carbocycles. The Hall–Kier alpha value is -0.830. The summed E-state index contributed by atoms with van der Waals surface area (Å²) >= 11 is 0. The molecule has 1 aromatic rings. The van der Waals surface area contributed by atoms with E-state index in [1.54, 1.807) is 0 Å². The van der Waals surface area contributed by atoms with Crippen molar-refractivity contribution in [2.75, 3.05) is 13.1 Å². The van der Waals surface area contributed by atoms with Gasteiger partial charge < -0.3 is 9.84 Å². The fraction of sp³-hybridized carbons (Fsp3) is 0.727. The molecule has 1 N–H and O–H groups in total. The van der Waals surface area contributed by atoms with Crippen molar-refractivity contribution in [2.45, 2.75) is 33.1 Å². The van der Waals surface area contributed by atoms with Crippen molar-refractivity contribution >= 4 is 0 Å². The highest BCUT2D eigenvalue weighted by atomic mass is 16.5. The summed E-state index contributed by atoms with van der Waals surface area (Å²) in [7, 11) is 0. The van der Waals surface area contributed by atoms with Gasteiger partial charge in [-0.25, -0.2) is 0 Å². The molecule has 1 aromatic heterocycles. The van der Waals surface area contributed by atoms with Crippen molar-refractivity contribution in [1.82, 2.24) is 10.5 Å². The van der Waals surface area contributed by atoms with E-state index in [-0.39, 0.29) is 0 Å². The summed E-state index contributed by atoms with van der Waals surface area (Å²) in [6.45, 7) is 6.40. The van der Waals surface area contributed by atoms with Gasteiger partial charge in [0.15, 0.2) is 0 Å². The average Bonchev–Trinajstić information content (AvgIpc) is 2.52. The number of rotatable bonds is 2. The molecule has 0 radical (unpaired) electrons. The van der Waals surface area contributed by atoms with Gasteiger partial charge in [-0.1, -0.05) is 5.16 Å².